The second-order valence-corrected chi connectivity index (χ2v) is 10.4. The number of halogens is 1. The SMILES string of the molecule is CC1CN(c2ncc(C(N)=O)cc2Cl)CCN1c1cc(N2CCCCC2)nc(N2CCC[C@@H]2C)n1. The molecule has 9 nitrogen and oxygen atoms in total. The number of hydrogen-bond acceptors (Lipinski definition) is 8. The predicted octanol–water partition coefficient (Wildman–Crippen LogP) is 3.32. The minimum Gasteiger partial charge on any atom is -0.366 e. The van der Waals surface area contributed by atoms with Gasteiger partial charge in [0.05, 0.1) is 10.6 Å². The summed E-state index contributed by atoms with van der Waals surface area (Å²) in [7, 11) is 0. The first-order valence-electron chi connectivity index (χ1n) is 12.8. The summed E-state index contributed by atoms with van der Waals surface area (Å²) in [6.45, 7) is 9.90. The average Bonchev–Trinajstić information content (AvgIpc) is 3.30. The fourth-order valence-electron chi connectivity index (χ4n) is 5.49. The third kappa shape index (κ3) is 4.96. The maximum Gasteiger partial charge on any atom is 0.250 e. The van der Waals surface area contributed by atoms with E-state index in [-0.39, 0.29) is 6.04 Å². The van der Waals surface area contributed by atoms with Gasteiger partial charge < -0.3 is 25.3 Å². The number of nitrogens with zero attached hydrogens (tertiary/aromatic N) is 7. The Morgan fingerprint density at radius 1 is 0.914 bits per heavy atom. The van der Waals surface area contributed by atoms with Crippen LogP contribution in [0, 0.1) is 0 Å². The van der Waals surface area contributed by atoms with E-state index in [1.165, 1.54) is 38.3 Å². The molecule has 5 heterocycles. The Balaban J connectivity index is 1.40. The summed E-state index contributed by atoms with van der Waals surface area (Å²) in [6, 6.07) is 4.44. The van der Waals surface area contributed by atoms with Gasteiger partial charge in [-0.1, -0.05) is 11.6 Å². The number of amides is 1. The monoisotopic (exact) mass is 498 g/mol. The molecule has 35 heavy (non-hydrogen) atoms. The lowest BCUT2D eigenvalue weighted by molar-refractivity contribution is 0.1000. The summed E-state index contributed by atoms with van der Waals surface area (Å²) in [5.74, 6) is 3.05. The van der Waals surface area contributed by atoms with Gasteiger partial charge in [-0.2, -0.15) is 9.97 Å². The lowest BCUT2D eigenvalue weighted by Crippen LogP contribution is -2.53. The number of hydrogen-bond donors (Lipinski definition) is 1. The molecule has 2 atom stereocenters. The molecule has 0 saturated carbocycles. The Morgan fingerprint density at radius 3 is 2.34 bits per heavy atom. The highest BCUT2D eigenvalue weighted by molar-refractivity contribution is 6.33. The molecule has 2 aromatic heterocycles. The molecule has 0 bridgehead atoms. The number of rotatable bonds is 5. The van der Waals surface area contributed by atoms with Crippen LogP contribution in [-0.2, 0) is 0 Å². The van der Waals surface area contributed by atoms with Crippen molar-refractivity contribution in [3.63, 3.8) is 0 Å². The lowest BCUT2D eigenvalue weighted by Gasteiger charge is -2.42. The molecular formula is C25H35ClN8O. The number of primary amides is 1. The van der Waals surface area contributed by atoms with Gasteiger partial charge in [0.2, 0.25) is 11.9 Å². The summed E-state index contributed by atoms with van der Waals surface area (Å²) in [6.07, 6.45) is 7.59. The van der Waals surface area contributed by atoms with Crippen molar-refractivity contribution < 1.29 is 4.79 Å². The smallest absolute Gasteiger partial charge is 0.250 e. The van der Waals surface area contributed by atoms with Crippen molar-refractivity contribution in [1.29, 1.82) is 0 Å². The Hall–Kier alpha value is -2.81. The van der Waals surface area contributed by atoms with Crippen molar-refractivity contribution in [3.05, 3.63) is 28.9 Å². The zero-order valence-corrected chi connectivity index (χ0v) is 21.4. The zero-order chi connectivity index (χ0) is 24.5. The van der Waals surface area contributed by atoms with Gasteiger partial charge in [0, 0.05) is 63.6 Å². The summed E-state index contributed by atoms with van der Waals surface area (Å²) in [5.41, 5.74) is 5.69. The molecule has 3 aliphatic rings. The Kier molecular flexibility index (Phi) is 6.86. The highest BCUT2D eigenvalue weighted by Gasteiger charge is 2.30. The van der Waals surface area contributed by atoms with Crippen LogP contribution in [0.3, 0.4) is 0 Å². The van der Waals surface area contributed by atoms with Crippen molar-refractivity contribution >= 4 is 40.9 Å². The molecule has 0 aliphatic carbocycles. The minimum atomic E-state index is -0.527. The molecule has 3 fully saturated rings. The van der Waals surface area contributed by atoms with Crippen LogP contribution in [0.4, 0.5) is 23.4 Å². The van der Waals surface area contributed by atoms with Gasteiger partial charge in [0.25, 0.3) is 0 Å². The number of piperazine rings is 1. The van der Waals surface area contributed by atoms with Crippen LogP contribution in [0.25, 0.3) is 0 Å². The summed E-state index contributed by atoms with van der Waals surface area (Å²) in [4.78, 5) is 35.4. The van der Waals surface area contributed by atoms with Gasteiger partial charge in [-0.3, -0.25) is 4.79 Å². The van der Waals surface area contributed by atoms with Crippen LogP contribution in [-0.4, -0.2) is 72.2 Å². The quantitative estimate of drug-likeness (QED) is 0.670. The number of piperidine rings is 1. The maximum absolute atomic E-state index is 11.5. The van der Waals surface area contributed by atoms with E-state index in [1.54, 1.807) is 6.07 Å². The molecule has 5 rings (SSSR count). The van der Waals surface area contributed by atoms with Crippen molar-refractivity contribution in [2.45, 2.75) is 58.0 Å². The first-order valence-corrected chi connectivity index (χ1v) is 13.2. The van der Waals surface area contributed by atoms with E-state index in [4.69, 9.17) is 27.3 Å². The van der Waals surface area contributed by atoms with Crippen LogP contribution in [0.15, 0.2) is 18.3 Å². The third-order valence-electron chi connectivity index (χ3n) is 7.50. The van der Waals surface area contributed by atoms with Gasteiger partial charge in [-0.25, -0.2) is 4.98 Å². The van der Waals surface area contributed by atoms with E-state index >= 15 is 0 Å². The van der Waals surface area contributed by atoms with Crippen LogP contribution in [0.1, 0.15) is 56.3 Å². The number of anilines is 4. The molecule has 2 aromatic rings. The van der Waals surface area contributed by atoms with Crippen molar-refractivity contribution in [1.82, 2.24) is 15.0 Å². The summed E-state index contributed by atoms with van der Waals surface area (Å²) < 4.78 is 0. The van der Waals surface area contributed by atoms with Gasteiger partial charge in [0.1, 0.15) is 17.5 Å². The van der Waals surface area contributed by atoms with Gasteiger partial charge >= 0.3 is 0 Å². The lowest BCUT2D eigenvalue weighted by atomic mass is 10.1. The van der Waals surface area contributed by atoms with E-state index in [9.17, 15) is 4.79 Å². The first-order chi connectivity index (χ1) is 16.9. The number of pyridine rings is 1. The Bertz CT molecular complexity index is 1080. The minimum absolute atomic E-state index is 0.199. The Morgan fingerprint density at radius 2 is 1.69 bits per heavy atom. The summed E-state index contributed by atoms with van der Waals surface area (Å²) in [5, 5.41) is 0.446. The fourth-order valence-corrected chi connectivity index (χ4v) is 5.78. The highest BCUT2D eigenvalue weighted by Crippen LogP contribution is 2.32. The number of carbonyl (C=O) groups is 1. The number of carbonyl (C=O) groups excluding carboxylic acids is 1. The Labute approximate surface area is 212 Å². The molecular weight excluding hydrogens is 464 g/mol. The average molecular weight is 499 g/mol. The molecule has 3 saturated heterocycles. The maximum atomic E-state index is 11.5. The van der Waals surface area contributed by atoms with Crippen LogP contribution >= 0.6 is 11.6 Å². The van der Waals surface area contributed by atoms with Crippen molar-refractivity contribution in [3.8, 4) is 0 Å². The topological polar surface area (TPSA) is 94.7 Å². The predicted molar refractivity (Wildman–Crippen MR) is 141 cm³/mol. The first kappa shape index (κ1) is 23.9. The van der Waals surface area contributed by atoms with E-state index in [0.29, 0.717) is 22.4 Å². The molecule has 0 spiro atoms. The molecule has 2 N–H and O–H groups in total. The van der Waals surface area contributed by atoms with Crippen LogP contribution < -0.4 is 25.3 Å². The van der Waals surface area contributed by atoms with E-state index in [0.717, 1.165) is 56.9 Å². The molecule has 0 aromatic carbocycles. The van der Waals surface area contributed by atoms with Gasteiger partial charge in [0.15, 0.2) is 0 Å². The highest BCUT2D eigenvalue weighted by atomic mass is 35.5. The van der Waals surface area contributed by atoms with Gasteiger partial charge in [-0.15, -0.1) is 0 Å². The molecule has 188 valence electrons. The van der Waals surface area contributed by atoms with Crippen molar-refractivity contribution in [2.24, 2.45) is 5.73 Å². The third-order valence-corrected chi connectivity index (χ3v) is 7.78. The van der Waals surface area contributed by atoms with Crippen molar-refractivity contribution in [2.75, 3.05) is 58.9 Å². The molecule has 3 aliphatic heterocycles. The van der Waals surface area contributed by atoms with E-state index in [2.05, 4.69) is 44.5 Å². The molecule has 1 amide bonds. The summed E-state index contributed by atoms with van der Waals surface area (Å²) >= 11 is 6.46. The zero-order valence-electron chi connectivity index (χ0n) is 20.7. The largest absolute Gasteiger partial charge is 0.366 e. The van der Waals surface area contributed by atoms with Gasteiger partial charge in [-0.05, 0) is 52.0 Å². The second kappa shape index (κ2) is 10.0. The normalized spacial score (nSPS) is 23.2. The molecule has 0 radical (unpaired) electrons. The number of aromatic nitrogens is 3. The second-order valence-electron chi connectivity index (χ2n) is 10.00. The van der Waals surface area contributed by atoms with E-state index < -0.39 is 5.91 Å². The van der Waals surface area contributed by atoms with Crippen LogP contribution in [0.5, 0.6) is 0 Å². The van der Waals surface area contributed by atoms with Crippen LogP contribution in [0.2, 0.25) is 5.02 Å². The molecule has 10 heteroatoms. The van der Waals surface area contributed by atoms with E-state index in [1.807, 2.05) is 0 Å². The molecule has 1 unspecified atom stereocenters. The standard InChI is InChI=1S/C25H35ClN8O/c1-17-7-6-10-34(17)25-29-21(31-8-4-3-5-9-31)14-22(30-25)33-12-11-32(16-18(33)2)24-20(26)13-19(15-28-24)23(27)35/h13-15,17-18H,3-12,16H2,1-2H3,(H2,27,35)/t17-,18?/m0/s1. The fraction of sp³-hybridized carbons (Fsp3) is 0.600. The number of nitrogens with two attached hydrogens (primary N) is 1.